The van der Waals surface area contributed by atoms with Gasteiger partial charge in [0.15, 0.2) is 5.82 Å². The van der Waals surface area contributed by atoms with Gasteiger partial charge in [0.25, 0.3) is 0 Å². The molecule has 1 rings (SSSR count). The lowest BCUT2D eigenvalue weighted by molar-refractivity contribution is 0.301. The van der Waals surface area contributed by atoms with Crippen LogP contribution in [-0.4, -0.2) is 35.0 Å². The third-order valence-electron chi connectivity index (χ3n) is 2.27. The second kappa shape index (κ2) is 6.75. The van der Waals surface area contributed by atoms with Crippen molar-refractivity contribution in [1.82, 2.24) is 10.2 Å². The molecule has 0 bridgehead atoms. The van der Waals surface area contributed by atoms with E-state index in [0.717, 1.165) is 19.4 Å². The average Bonchev–Trinajstić information content (AvgIpc) is 2.34. The zero-order chi connectivity index (χ0) is 11.8. The quantitative estimate of drug-likeness (QED) is 0.772. The predicted molar refractivity (Wildman–Crippen MR) is 61.0 cm³/mol. The van der Waals surface area contributed by atoms with Crippen molar-refractivity contribution in [2.45, 2.75) is 19.8 Å². The molecule has 5 heteroatoms. The van der Waals surface area contributed by atoms with E-state index < -0.39 is 0 Å². The van der Waals surface area contributed by atoms with Crippen molar-refractivity contribution >= 4 is 5.82 Å². The molecule has 0 atom stereocenters. The van der Waals surface area contributed by atoms with Crippen LogP contribution < -0.4 is 4.90 Å². The Morgan fingerprint density at radius 3 is 2.94 bits per heavy atom. The molecule has 0 fully saturated rings. The van der Waals surface area contributed by atoms with Crippen LogP contribution in [0.15, 0.2) is 12.3 Å². The van der Waals surface area contributed by atoms with E-state index in [2.05, 4.69) is 23.2 Å². The molecule has 1 heterocycles. The van der Waals surface area contributed by atoms with Gasteiger partial charge in [-0.25, -0.2) is 0 Å². The van der Waals surface area contributed by atoms with Gasteiger partial charge in [0.05, 0.1) is 18.4 Å². The minimum atomic E-state index is 0.0468. The highest BCUT2D eigenvalue weighted by molar-refractivity contribution is 5.52. The maximum atomic E-state index is 8.99. The summed E-state index contributed by atoms with van der Waals surface area (Å²) in [5.74, 6) is 0.563. The summed E-state index contributed by atoms with van der Waals surface area (Å²) in [6.45, 7) is 3.40. The molecule has 0 radical (unpaired) electrons. The summed E-state index contributed by atoms with van der Waals surface area (Å²) >= 11 is 0. The summed E-state index contributed by atoms with van der Waals surface area (Å²) in [6.07, 6.45) is 3.56. The molecule has 0 unspecified atom stereocenters. The standard InChI is InChI=1S/C11H16N4O/c1-2-3-6-15(7-8-16)11-10(9-12)4-5-13-14-11/h4-5,16H,2-3,6-8H2,1H3. The Bertz CT molecular complexity index is 361. The second-order valence-corrected chi connectivity index (χ2v) is 3.44. The van der Waals surface area contributed by atoms with Crippen LogP contribution in [-0.2, 0) is 0 Å². The molecule has 0 aliphatic carbocycles. The van der Waals surface area contributed by atoms with Crippen molar-refractivity contribution in [3.63, 3.8) is 0 Å². The van der Waals surface area contributed by atoms with Crippen molar-refractivity contribution < 1.29 is 5.11 Å². The summed E-state index contributed by atoms with van der Waals surface area (Å²) in [7, 11) is 0. The molecular formula is C11H16N4O. The van der Waals surface area contributed by atoms with E-state index in [1.807, 2.05) is 4.90 Å². The molecule has 0 aliphatic heterocycles. The minimum Gasteiger partial charge on any atom is -0.395 e. The lowest BCUT2D eigenvalue weighted by Crippen LogP contribution is -2.29. The van der Waals surface area contributed by atoms with Crippen LogP contribution in [0.5, 0.6) is 0 Å². The highest BCUT2D eigenvalue weighted by Gasteiger charge is 2.11. The van der Waals surface area contributed by atoms with Crippen LogP contribution in [0.1, 0.15) is 25.3 Å². The van der Waals surface area contributed by atoms with Crippen LogP contribution in [0.3, 0.4) is 0 Å². The van der Waals surface area contributed by atoms with Crippen LogP contribution >= 0.6 is 0 Å². The van der Waals surface area contributed by atoms with Crippen molar-refractivity contribution in [2.24, 2.45) is 0 Å². The van der Waals surface area contributed by atoms with Crippen molar-refractivity contribution in [3.8, 4) is 6.07 Å². The van der Waals surface area contributed by atoms with Crippen LogP contribution in [0.25, 0.3) is 0 Å². The number of aliphatic hydroxyl groups is 1. The molecule has 0 aromatic carbocycles. The number of nitriles is 1. The normalized spacial score (nSPS) is 9.81. The van der Waals surface area contributed by atoms with Gasteiger partial charge in [-0.05, 0) is 12.5 Å². The highest BCUT2D eigenvalue weighted by Crippen LogP contribution is 2.15. The van der Waals surface area contributed by atoms with E-state index in [1.165, 1.54) is 6.20 Å². The second-order valence-electron chi connectivity index (χ2n) is 3.44. The van der Waals surface area contributed by atoms with Gasteiger partial charge in [-0.15, -0.1) is 5.10 Å². The number of anilines is 1. The molecule has 0 saturated heterocycles. The van der Waals surface area contributed by atoms with Crippen LogP contribution in [0.4, 0.5) is 5.82 Å². The first-order chi connectivity index (χ1) is 7.83. The molecule has 0 saturated carbocycles. The van der Waals surface area contributed by atoms with Gasteiger partial charge < -0.3 is 10.0 Å². The highest BCUT2D eigenvalue weighted by atomic mass is 16.3. The number of aliphatic hydroxyl groups excluding tert-OH is 1. The molecule has 86 valence electrons. The molecule has 1 N–H and O–H groups in total. The molecule has 1 aromatic rings. The summed E-state index contributed by atoms with van der Waals surface area (Å²) in [5.41, 5.74) is 0.500. The Kier molecular flexibility index (Phi) is 5.23. The fourth-order valence-electron chi connectivity index (χ4n) is 1.44. The monoisotopic (exact) mass is 220 g/mol. The van der Waals surface area contributed by atoms with Gasteiger partial charge in [-0.2, -0.15) is 10.4 Å². The SMILES string of the molecule is CCCCN(CCO)c1nnccc1C#N. The summed E-state index contributed by atoms with van der Waals surface area (Å²) in [5, 5.41) is 25.7. The molecule has 0 aliphatic rings. The number of unbranched alkanes of at least 4 members (excludes halogenated alkanes) is 1. The number of hydrogen-bond donors (Lipinski definition) is 1. The van der Waals surface area contributed by atoms with Gasteiger partial charge in [0.2, 0.25) is 0 Å². The Morgan fingerprint density at radius 2 is 2.31 bits per heavy atom. The molecular weight excluding hydrogens is 204 g/mol. The van der Waals surface area contributed by atoms with Gasteiger partial charge in [-0.1, -0.05) is 13.3 Å². The van der Waals surface area contributed by atoms with Crippen molar-refractivity contribution in [2.75, 3.05) is 24.6 Å². The molecule has 0 amide bonds. The zero-order valence-corrected chi connectivity index (χ0v) is 9.43. The Morgan fingerprint density at radius 1 is 1.50 bits per heavy atom. The maximum Gasteiger partial charge on any atom is 0.169 e. The van der Waals surface area contributed by atoms with E-state index in [-0.39, 0.29) is 6.61 Å². The topological polar surface area (TPSA) is 73.0 Å². The van der Waals surface area contributed by atoms with E-state index in [9.17, 15) is 0 Å². The number of aromatic nitrogens is 2. The molecule has 5 nitrogen and oxygen atoms in total. The van der Waals surface area contributed by atoms with Gasteiger partial charge >= 0.3 is 0 Å². The fourth-order valence-corrected chi connectivity index (χ4v) is 1.44. The van der Waals surface area contributed by atoms with Crippen molar-refractivity contribution in [1.29, 1.82) is 5.26 Å². The molecule has 16 heavy (non-hydrogen) atoms. The predicted octanol–water partition coefficient (Wildman–Crippen LogP) is 0.947. The third-order valence-corrected chi connectivity index (χ3v) is 2.27. The molecule has 1 aromatic heterocycles. The van der Waals surface area contributed by atoms with Crippen molar-refractivity contribution in [3.05, 3.63) is 17.8 Å². The zero-order valence-electron chi connectivity index (χ0n) is 9.43. The summed E-state index contributed by atoms with van der Waals surface area (Å²) < 4.78 is 0. The first kappa shape index (κ1) is 12.4. The lowest BCUT2D eigenvalue weighted by atomic mass is 10.2. The van der Waals surface area contributed by atoms with Gasteiger partial charge in [0, 0.05) is 13.1 Å². The maximum absolute atomic E-state index is 8.99. The summed E-state index contributed by atoms with van der Waals surface area (Å²) in [6, 6.07) is 3.72. The first-order valence-electron chi connectivity index (χ1n) is 5.41. The molecule has 0 spiro atoms. The Hall–Kier alpha value is -1.67. The third kappa shape index (κ3) is 3.17. The number of rotatable bonds is 6. The van der Waals surface area contributed by atoms with Crippen LogP contribution in [0, 0.1) is 11.3 Å². The largest absolute Gasteiger partial charge is 0.395 e. The Labute approximate surface area is 95.3 Å². The van der Waals surface area contributed by atoms with E-state index >= 15 is 0 Å². The first-order valence-corrected chi connectivity index (χ1v) is 5.41. The van der Waals surface area contributed by atoms with Gasteiger partial charge in [0.1, 0.15) is 6.07 Å². The lowest BCUT2D eigenvalue weighted by Gasteiger charge is -2.22. The fraction of sp³-hybridized carbons (Fsp3) is 0.545. The van der Waals surface area contributed by atoms with Gasteiger partial charge in [-0.3, -0.25) is 0 Å². The average molecular weight is 220 g/mol. The van der Waals surface area contributed by atoms with E-state index in [1.54, 1.807) is 6.07 Å². The Balaban J connectivity index is 2.87. The smallest absolute Gasteiger partial charge is 0.169 e. The minimum absolute atomic E-state index is 0.0468. The number of nitrogens with zero attached hydrogens (tertiary/aromatic N) is 4. The van der Waals surface area contributed by atoms with E-state index in [0.29, 0.717) is 17.9 Å². The number of hydrogen-bond acceptors (Lipinski definition) is 5. The summed E-state index contributed by atoms with van der Waals surface area (Å²) in [4.78, 5) is 1.90. The van der Waals surface area contributed by atoms with Crippen LogP contribution in [0.2, 0.25) is 0 Å². The van der Waals surface area contributed by atoms with E-state index in [4.69, 9.17) is 10.4 Å².